The summed E-state index contributed by atoms with van der Waals surface area (Å²) < 4.78 is 0. The molecular weight excluding hydrogens is 422 g/mol. The van der Waals surface area contributed by atoms with Gasteiger partial charge in [0, 0.05) is 19.5 Å². The molecule has 0 aliphatic heterocycles. The van der Waals surface area contributed by atoms with Gasteiger partial charge in [-0.15, -0.1) is 0 Å². The quantitative estimate of drug-likeness (QED) is 0.0705. The molecule has 0 aliphatic rings. The molecule has 1 aromatic rings. The molecule has 0 aliphatic carbocycles. The lowest BCUT2D eigenvalue weighted by Crippen LogP contribution is -2.26. The normalized spacial score (nSPS) is 11.1. The van der Waals surface area contributed by atoms with Crippen molar-refractivity contribution in [2.24, 2.45) is 0 Å². The van der Waals surface area contributed by atoms with Gasteiger partial charge in [0.05, 0.1) is 6.61 Å². The zero-order valence-corrected chi connectivity index (χ0v) is 21.9. The molecule has 1 rings (SSSR count). The maximum atomic E-state index is 10.5. The van der Waals surface area contributed by atoms with Crippen LogP contribution >= 0.6 is 0 Å². The second-order valence-electron chi connectivity index (χ2n) is 9.64. The summed E-state index contributed by atoms with van der Waals surface area (Å²) in [4.78, 5) is 16.5. The third-order valence-electron chi connectivity index (χ3n) is 6.46. The molecule has 0 spiro atoms. The fourth-order valence-electron chi connectivity index (χ4n) is 4.29. The van der Waals surface area contributed by atoms with E-state index in [0.29, 0.717) is 26.0 Å². The fraction of sp³-hybridized carbons (Fsp3) is 0.733. The predicted octanol–water partition coefficient (Wildman–Crippen LogP) is 8.74. The van der Waals surface area contributed by atoms with Crippen molar-refractivity contribution in [2.45, 2.75) is 129 Å². The Kier molecular flexibility index (Phi) is 20.7. The Morgan fingerprint density at radius 1 is 0.735 bits per heavy atom. The van der Waals surface area contributed by atoms with Crippen LogP contribution in [-0.2, 0) is 16.2 Å². The molecule has 0 unspecified atom stereocenters. The van der Waals surface area contributed by atoms with Gasteiger partial charge >= 0.3 is 0 Å². The Bertz CT molecular complexity index is 613. The molecule has 4 heteroatoms. The third kappa shape index (κ3) is 18.8. The summed E-state index contributed by atoms with van der Waals surface area (Å²) in [5.41, 5.74) is 1.15. The van der Waals surface area contributed by atoms with Gasteiger partial charge < -0.3 is 5.11 Å². The zero-order valence-electron chi connectivity index (χ0n) is 21.9. The molecule has 1 N–H and O–H groups in total. The Hall–Kier alpha value is -1.61. The Morgan fingerprint density at radius 2 is 1.21 bits per heavy atom. The average Bonchev–Trinajstić information content (AvgIpc) is 2.87. The van der Waals surface area contributed by atoms with Gasteiger partial charge in [-0.05, 0) is 18.4 Å². The second-order valence-corrected chi connectivity index (χ2v) is 9.64. The van der Waals surface area contributed by atoms with Gasteiger partial charge in [0.2, 0.25) is 0 Å². The van der Waals surface area contributed by atoms with Crippen LogP contribution in [0.5, 0.6) is 0 Å². The number of unbranched alkanes of at least 4 members (excludes halogenated alkanes) is 15. The Labute approximate surface area is 209 Å². The number of nitrogens with zero attached hydrogens (tertiary/aromatic N) is 1. The predicted molar refractivity (Wildman–Crippen MR) is 143 cm³/mol. The minimum Gasteiger partial charge on any atom is -0.502 e. The van der Waals surface area contributed by atoms with Crippen molar-refractivity contribution in [1.82, 2.24) is 5.06 Å². The topological polar surface area (TPSA) is 49.8 Å². The minimum atomic E-state index is -0.203. The van der Waals surface area contributed by atoms with Gasteiger partial charge in [0.1, 0.15) is 0 Å². The van der Waals surface area contributed by atoms with Gasteiger partial charge in [-0.3, -0.25) is 4.84 Å². The first-order valence-corrected chi connectivity index (χ1v) is 14.1. The number of hydrogen-bond acceptors (Lipinski definition) is 4. The lowest BCUT2D eigenvalue weighted by Gasteiger charge is -2.22. The smallest absolute Gasteiger partial charge is 0.176 e. The largest absolute Gasteiger partial charge is 0.502 e. The average molecular weight is 474 g/mol. The van der Waals surface area contributed by atoms with Crippen LogP contribution in [0.3, 0.4) is 0 Å². The lowest BCUT2D eigenvalue weighted by atomic mass is 10.0. The molecule has 0 heterocycles. The lowest BCUT2D eigenvalue weighted by molar-refractivity contribution is -0.170. The highest BCUT2D eigenvalue weighted by Gasteiger charge is 2.07. The molecular formula is C30H51NO3. The molecule has 0 atom stereocenters. The molecule has 0 saturated heterocycles. The van der Waals surface area contributed by atoms with E-state index in [1.807, 2.05) is 23.3 Å². The molecule has 1 aromatic carbocycles. The molecule has 0 radical (unpaired) electrons. The summed E-state index contributed by atoms with van der Waals surface area (Å²) in [5.74, 6) is 1.36. The highest BCUT2D eigenvalue weighted by atomic mass is 16.7. The zero-order chi connectivity index (χ0) is 24.5. The summed E-state index contributed by atoms with van der Waals surface area (Å²) in [7, 11) is 0. The van der Waals surface area contributed by atoms with E-state index >= 15 is 0 Å². The van der Waals surface area contributed by atoms with E-state index in [2.05, 4.69) is 19.1 Å². The first-order chi connectivity index (χ1) is 16.8. The number of allylic oxidation sites excluding steroid dienone is 1. The van der Waals surface area contributed by atoms with Crippen LogP contribution in [0.25, 0.3) is 0 Å². The number of aliphatic hydroxyl groups excluding tert-OH is 1. The third-order valence-corrected chi connectivity index (χ3v) is 6.46. The molecule has 194 valence electrons. The van der Waals surface area contributed by atoms with Crippen molar-refractivity contribution in [3.63, 3.8) is 0 Å². The first kappa shape index (κ1) is 30.4. The van der Waals surface area contributed by atoms with Crippen LogP contribution in [0.15, 0.2) is 36.1 Å². The van der Waals surface area contributed by atoms with E-state index in [9.17, 15) is 9.90 Å². The van der Waals surface area contributed by atoms with Crippen LogP contribution in [0.1, 0.15) is 128 Å². The van der Waals surface area contributed by atoms with Crippen molar-refractivity contribution in [3.05, 3.63) is 41.7 Å². The number of benzene rings is 1. The monoisotopic (exact) mass is 473 g/mol. The van der Waals surface area contributed by atoms with Gasteiger partial charge in [-0.25, -0.2) is 4.79 Å². The summed E-state index contributed by atoms with van der Waals surface area (Å²) >= 11 is 0. The second kappa shape index (κ2) is 23.1. The number of hydrogen-bond donors (Lipinski definition) is 1. The molecule has 0 aromatic heterocycles. The standard InChI is InChI=1S/C30H51NO3/c1-2-3-4-5-6-7-8-9-10-11-12-13-14-15-16-20-25-31(26-21-24-30(33)27-32)34-28-29-22-18-17-19-23-29/h17-19,22-23,33H,2-16,20-21,24-26,28H2,1H3. The first-order valence-electron chi connectivity index (χ1n) is 14.1. The van der Waals surface area contributed by atoms with Crippen molar-refractivity contribution in [3.8, 4) is 0 Å². The van der Waals surface area contributed by atoms with Crippen molar-refractivity contribution in [2.75, 3.05) is 13.1 Å². The van der Waals surface area contributed by atoms with E-state index in [0.717, 1.165) is 18.5 Å². The van der Waals surface area contributed by atoms with Crippen molar-refractivity contribution in [1.29, 1.82) is 0 Å². The number of rotatable bonds is 24. The number of hydroxylamine groups is 2. The summed E-state index contributed by atoms with van der Waals surface area (Å²) in [6.45, 7) is 4.42. The van der Waals surface area contributed by atoms with Crippen LogP contribution in [0.4, 0.5) is 0 Å². The molecule has 0 bridgehead atoms. The van der Waals surface area contributed by atoms with Crippen molar-refractivity contribution < 1.29 is 14.7 Å². The maximum Gasteiger partial charge on any atom is 0.176 e. The fourth-order valence-corrected chi connectivity index (χ4v) is 4.29. The van der Waals surface area contributed by atoms with Crippen LogP contribution < -0.4 is 0 Å². The van der Waals surface area contributed by atoms with Crippen LogP contribution in [0, 0.1) is 0 Å². The van der Waals surface area contributed by atoms with Crippen LogP contribution in [-0.4, -0.2) is 29.2 Å². The van der Waals surface area contributed by atoms with E-state index in [1.54, 1.807) is 5.94 Å². The van der Waals surface area contributed by atoms with E-state index < -0.39 is 0 Å². The van der Waals surface area contributed by atoms with Gasteiger partial charge in [0.25, 0.3) is 0 Å². The van der Waals surface area contributed by atoms with Crippen molar-refractivity contribution >= 4 is 5.94 Å². The molecule has 4 nitrogen and oxygen atoms in total. The van der Waals surface area contributed by atoms with Crippen LogP contribution in [0.2, 0.25) is 0 Å². The van der Waals surface area contributed by atoms with E-state index in [4.69, 9.17) is 4.84 Å². The number of aliphatic hydroxyl groups is 1. The molecule has 0 fully saturated rings. The van der Waals surface area contributed by atoms with E-state index in [1.165, 1.54) is 96.3 Å². The van der Waals surface area contributed by atoms with Gasteiger partial charge in [0.15, 0.2) is 11.7 Å². The number of carbonyl (C=O) groups excluding carboxylic acids is 1. The highest BCUT2D eigenvalue weighted by molar-refractivity contribution is 5.48. The summed E-state index contributed by atoms with van der Waals surface area (Å²) in [6, 6.07) is 10.2. The minimum absolute atomic E-state index is 0.203. The summed E-state index contributed by atoms with van der Waals surface area (Å²) in [5, 5.41) is 11.3. The molecule has 0 saturated carbocycles. The maximum absolute atomic E-state index is 10.5. The Morgan fingerprint density at radius 3 is 1.71 bits per heavy atom. The van der Waals surface area contributed by atoms with Gasteiger partial charge in [-0.2, -0.15) is 5.06 Å². The highest BCUT2D eigenvalue weighted by Crippen LogP contribution is 2.14. The SMILES string of the molecule is CCCCCCCCCCCCCCCCCCN(CCCC(O)=C=O)OCc1ccccc1. The van der Waals surface area contributed by atoms with E-state index in [-0.39, 0.29) is 5.76 Å². The molecule has 0 amide bonds. The molecule has 34 heavy (non-hydrogen) atoms. The van der Waals surface area contributed by atoms with Gasteiger partial charge in [-0.1, -0.05) is 134 Å². The summed E-state index contributed by atoms with van der Waals surface area (Å²) in [6.07, 6.45) is 22.9. The Balaban J connectivity index is 2.02.